The van der Waals surface area contributed by atoms with Gasteiger partial charge in [0.1, 0.15) is 0 Å². The van der Waals surface area contributed by atoms with E-state index >= 15 is 0 Å². The first kappa shape index (κ1) is 21.5. The molecule has 1 aliphatic rings. The summed E-state index contributed by atoms with van der Waals surface area (Å²) in [6.45, 7) is 1.40. The third kappa shape index (κ3) is 5.65. The Morgan fingerprint density at radius 1 is 1.00 bits per heavy atom. The molecular formula is C20H22BrN3O4S. The molecule has 0 aromatic heterocycles. The molecule has 29 heavy (non-hydrogen) atoms. The fraction of sp³-hybridized carbons (Fsp3) is 0.300. The van der Waals surface area contributed by atoms with Gasteiger partial charge >= 0.3 is 11.8 Å². The predicted molar refractivity (Wildman–Crippen MR) is 114 cm³/mol. The van der Waals surface area contributed by atoms with Crippen molar-refractivity contribution in [1.82, 2.24) is 9.62 Å². The molecule has 0 unspecified atom stereocenters. The van der Waals surface area contributed by atoms with Gasteiger partial charge in [0.2, 0.25) is 10.0 Å². The highest BCUT2D eigenvalue weighted by Crippen LogP contribution is 2.21. The van der Waals surface area contributed by atoms with Crippen LogP contribution in [0.1, 0.15) is 18.4 Å². The summed E-state index contributed by atoms with van der Waals surface area (Å²) in [7, 11) is -3.43. The number of nitrogens with zero attached hydrogens (tertiary/aromatic N) is 1. The Morgan fingerprint density at radius 3 is 2.34 bits per heavy atom. The molecule has 0 bridgehead atoms. The summed E-state index contributed by atoms with van der Waals surface area (Å²) in [5.74, 6) is -1.46. The number of anilines is 1. The molecule has 2 aromatic carbocycles. The van der Waals surface area contributed by atoms with Crippen LogP contribution < -0.4 is 10.6 Å². The van der Waals surface area contributed by atoms with Gasteiger partial charge in [0, 0.05) is 29.8 Å². The van der Waals surface area contributed by atoms with E-state index in [-0.39, 0.29) is 11.4 Å². The quantitative estimate of drug-likeness (QED) is 0.622. The monoisotopic (exact) mass is 479 g/mol. The highest BCUT2D eigenvalue weighted by atomic mass is 79.9. The van der Waals surface area contributed by atoms with Crippen LogP contribution in [0.15, 0.2) is 57.9 Å². The van der Waals surface area contributed by atoms with Crippen molar-refractivity contribution in [2.75, 3.05) is 25.0 Å². The van der Waals surface area contributed by atoms with Crippen molar-refractivity contribution in [3.63, 3.8) is 0 Å². The Balaban J connectivity index is 1.48. The van der Waals surface area contributed by atoms with Crippen LogP contribution in [-0.2, 0) is 26.0 Å². The van der Waals surface area contributed by atoms with Gasteiger partial charge < -0.3 is 10.6 Å². The SMILES string of the molecule is O=C(NCCc1ccc(S(=O)(=O)N2CCCC2)cc1)C(=O)Nc1cccc(Br)c1. The molecule has 2 amide bonds. The molecule has 7 nitrogen and oxygen atoms in total. The number of amides is 2. The average molecular weight is 480 g/mol. The molecule has 0 spiro atoms. The van der Waals surface area contributed by atoms with Gasteiger partial charge in [-0.2, -0.15) is 4.31 Å². The minimum Gasteiger partial charge on any atom is -0.347 e. The summed E-state index contributed by atoms with van der Waals surface area (Å²) >= 11 is 3.30. The minimum absolute atomic E-state index is 0.267. The van der Waals surface area contributed by atoms with Crippen LogP contribution in [0.3, 0.4) is 0 Å². The predicted octanol–water partition coefficient (Wildman–Crippen LogP) is 2.53. The second kappa shape index (κ2) is 9.51. The van der Waals surface area contributed by atoms with Crippen LogP contribution in [-0.4, -0.2) is 44.2 Å². The van der Waals surface area contributed by atoms with Crippen LogP contribution >= 0.6 is 15.9 Å². The summed E-state index contributed by atoms with van der Waals surface area (Å²) in [6.07, 6.45) is 2.28. The fourth-order valence-electron chi connectivity index (χ4n) is 3.06. The Morgan fingerprint density at radius 2 is 1.69 bits per heavy atom. The fourth-order valence-corrected chi connectivity index (χ4v) is 4.98. The maximum Gasteiger partial charge on any atom is 0.313 e. The number of sulfonamides is 1. The average Bonchev–Trinajstić information content (AvgIpc) is 3.24. The lowest BCUT2D eigenvalue weighted by molar-refractivity contribution is -0.136. The highest BCUT2D eigenvalue weighted by molar-refractivity contribution is 9.10. The molecule has 0 radical (unpaired) electrons. The van der Waals surface area contributed by atoms with Crippen LogP contribution in [0.25, 0.3) is 0 Å². The number of hydrogen-bond donors (Lipinski definition) is 2. The standard InChI is InChI=1S/C20H22BrN3O4S/c21-16-4-3-5-17(14-16)23-20(26)19(25)22-11-10-15-6-8-18(9-7-15)29(27,28)24-12-1-2-13-24/h3-9,14H,1-2,10-13H2,(H,22,25)(H,23,26). The Bertz CT molecular complexity index is 987. The number of carbonyl (C=O) groups is 2. The maximum atomic E-state index is 12.5. The van der Waals surface area contributed by atoms with E-state index in [1.54, 1.807) is 42.5 Å². The molecule has 0 aliphatic carbocycles. The molecule has 3 rings (SSSR count). The smallest absolute Gasteiger partial charge is 0.313 e. The first-order valence-corrected chi connectivity index (χ1v) is 11.5. The third-order valence-corrected chi connectivity index (χ3v) is 7.02. The summed E-state index contributed by atoms with van der Waals surface area (Å²) < 4.78 is 27.3. The first-order chi connectivity index (χ1) is 13.9. The van der Waals surface area contributed by atoms with Gasteiger partial charge in [0.15, 0.2) is 0 Å². The van der Waals surface area contributed by atoms with Crippen molar-refractivity contribution in [2.45, 2.75) is 24.2 Å². The van der Waals surface area contributed by atoms with Gasteiger partial charge in [-0.15, -0.1) is 0 Å². The summed E-state index contributed by atoms with van der Waals surface area (Å²) in [4.78, 5) is 24.2. The van der Waals surface area contributed by atoms with Crippen LogP contribution in [0, 0.1) is 0 Å². The van der Waals surface area contributed by atoms with Gasteiger partial charge in [-0.1, -0.05) is 34.1 Å². The van der Waals surface area contributed by atoms with Crippen molar-refractivity contribution in [2.24, 2.45) is 0 Å². The van der Waals surface area contributed by atoms with Crippen LogP contribution in [0.5, 0.6) is 0 Å². The number of nitrogens with one attached hydrogen (secondary N) is 2. The lowest BCUT2D eigenvalue weighted by atomic mass is 10.1. The zero-order valence-electron chi connectivity index (χ0n) is 15.7. The van der Waals surface area contributed by atoms with E-state index in [0.717, 1.165) is 22.9 Å². The molecule has 2 N–H and O–H groups in total. The van der Waals surface area contributed by atoms with Gasteiger partial charge in [-0.25, -0.2) is 8.42 Å². The van der Waals surface area contributed by atoms with Crippen molar-refractivity contribution >= 4 is 43.5 Å². The molecule has 1 saturated heterocycles. The molecule has 0 saturated carbocycles. The summed E-state index contributed by atoms with van der Waals surface area (Å²) in [5.41, 5.74) is 1.40. The third-order valence-electron chi connectivity index (χ3n) is 4.61. The number of carbonyl (C=O) groups excluding carboxylic acids is 2. The van der Waals surface area contributed by atoms with E-state index in [1.807, 2.05) is 6.07 Å². The second-order valence-corrected chi connectivity index (χ2v) is 9.58. The van der Waals surface area contributed by atoms with Gasteiger partial charge in [-0.3, -0.25) is 9.59 Å². The van der Waals surface area contributed by atoms with E-state index in [4.69, 9.17) is 0 Å². The lowest BCUT2D eigenvalue weighted by Gasteiger charge is -2.15. The van der Waals surface area contributed by atoms with Crippen LogP contribution in [0.4, 0.5) is 5.69 Å². The molecular weight excluding hydrogens is 458 g/mol. The van der Waals surface area contributed by atoms with Gasteiger partial charge in [-0.05, 0) is 55.2 Å². The molecule has 2 aromatic rings. The Labute approximate surface area is 178 Å². The number of halogens is 1. The van der Waals surface area contributed by atoms with E-state index in [0.29, 0.717) is 25.2 Å². The summed E-state index contributed by atoms with van der Waals surface area (Å²) in [5, 5.41) is 5.10. The van der Waals surface area contributed by atoms with E-state index in [9.17, 15) is 18.0 Å². The Kier molecular flexibility index (Phi) is 7.05. The molecule has 9 heteroatoms. The maximum absolute atomic E-state index is 12.5. The number of rotatable bonds is 6. The van der Waals surface area contributed by atoms with Crippen molar-refractivity contribution < 1.29 is 18.0 Å². The van der Waals surface area contributed by atoms with Crippen molar-refractivity contribution in [3.8, 4) is 0 Å². The molecule has 154 valence electrons. The largest absolute Gasteiger partial charge is 0.347 e. The van der Waals surface area contributed by atoms with Gasteiger partial charge in [0.25, 0.3) is 0 Å². The molecule has 0 atom stereocenters. The van der Waals surface area contributed by atoms with Crippen molar-refractivity contribution in [1.29, 1.82) is 0 Å². The topological polar surface area (TPSA) is 95.6 Å². The van der Waals surface area contributed by atoms with Crippen molar-refractivity contribution in [3.05, 3.63) is 58.6 Å². The first-order valence-electron chi connectivity index (χ1n) is 9.30. The molecule has 1 aliphatic heterocycles. The molecule has 1 fully saturated rings. The zero-order chi connectivity index (χ0) is 20.9. The zero-order valence-corrected chi connectivity index (χ0v) is 18.1. The normalized spacial score (nSPS) is 14.5. The van der Waals surface area contributed by atoms with E-state index < -0.39 is 21.8 Å². The highest BCUT2D eigenvalue weighted by Gasteiger charge is 2.26. The summed E-state index contributed by atoms with van der Waals surface area (Å²) in [6, 6.07) is 13.6. The molecule has 1 heterocycles. The van der Waals surface area contributed by atoms with Crippen LogP contribution in [0.2, 0.25) is 0 Å². The Hall–Kier alpha value is -2.23. The number of hydrogen-bond acceptors (Lipinski definition) is 4. The van der Waals surface area contributed by atoms with E-state index in [2.05, 4.69) is 26.6 Å². The van der Waals surface area contributed by atoms with Gasteiger partial charge in [0.05, 0.1) is 4.90 Å². The van der Waals surface area contributed by atoms with E-state index in [1.165, 1.54) is 4.31 Å². The minimum atomic E-state index is -3.43. The number of benzene rings is 2. The lowest BCUT2D eigenvalue weighted by Crippen LogP contribution is -2.36. The second-order valence-electron chi connectivity index (χ2n) is 6.73.